The smallest absolute Gasteiger partial charge is 0.0719 e. The molecule has 1 saturated heterocycles. The molecule has 108 valence electrons. The molecule has 1 aromatic heterocycles. The summed E-state index contributed by atoms with van der Waals surface area (Å²) in [4.78, 5) is 0. The first-order valence-electron chi connectivity index (χ1n) is 7.17. The summed E-state index contributed by atoms with van der Waals surface area (Å²) in [6.07, 6.45) is 2.22. The maximum absolute atomic E-state index is 5.76. The SMILES string of the molecule is CC1CC(C(Cc2nn(C)c3ccccc23)NN)CO1. The van der Waals surface area contributed by atoms with E-state index in [4.69, 9.17) is 10.6 Å². The molecule has 2 heterocycles. The largest absolute Gasteiger partial charge is 0.378 e. The van der Waals surface area contributed by atoms with Gasteiger partial charge in [0.25, 0.3) is 0 Å². The van der Waals surface area contributed by atoms with Crippen LogP contribution >= 0.6 is 0 Å². The Labute approximate surface area is 119 Å². The fourth-order valence-corrected chi connectivity index (χ4v) is 3.14. The van der Waals surface area contributed by atoms with Crippen LogP contribution in [0.5, 0.6) is 0 Å². The summed E-state index contributed by atoms with van der Waals surface area (Å²) >= 11 is 0. The van der Waals surface area contributed by atoms with Gasteiger partial charge in [0.05, 0.1) is 23.9 Å². The summed E-state index contributed by atoms with van der Waals surface area (Å²) in [6, 6.07) is 8.52. The number of aryl methyl sites for hydroxylation is 1. The number of nitrogens with zero attached hydrogens (tertiary/aromatic N) is 2. The van der Waals surface area contributed by atoms with Gasteiger partial charge in [-0.2, -0.15) is 5.10 Å². The first kappa shape index (κ1) is 13.5. The molecule has 1 aliphatic heterocycles. The molecule has 1 aromatic carbocycles. The van der Waals surface area contributed by atoms with Crippen LogP contribution in [0, 0.1) is 5.92 Å². The highest BCUT2D eigenvalue weighted by Gasteiger charge is 2.30. The van der Waals surface area contributed by atoms with E-state index in [-0.39, 0.29) is 6.04 Å². The zero-order valence-electron chi connectivity index (χ0n) is 12.0. The molecule has 3 unspecified atom stereocenters. The fraction of sp³-hybridized carbons (Fsp3) is 0.533. The van der Waals surface area contributed by atoms with Gasteiger partial charge in [0, 0.05) is 30.8 Å². The average Bonchev–Trinajstić information content (AvgIpc) is 3.01. The minimum atomic E-state index is 0.207. The second-order valence-electron chi connectivity index (χ2n) is 5.70. The maximum Gasteiger partial charge on any atom is 0.0719 e. The fourth-order valence-electron chi connectivity index (χ4n) is 3.14. The Morgan fingerprint density at radius 3 is 3.00 bits per heavy atom. The van der Waals surface area contributed by atoms with Crippen molar-refractivity contribution >= 4 is 10.9 Å². The number of hydrazine groups is 1. The molecule has 5 nitrogen and oxygen atoms in total. The van der Waals surface area contributed by atoms with E-state index in [1.54, 1.807) is 0 Å². The molecule has 1 fully saturated rings. The van der Waals surface area contributed by atoms with Crippen LogP contribution in [0.2, 0.25) is 0 Å². The van der Waals surface area contributed by atoms with Gasteiger partial charge in [-0.15, -0.1) is 0 Å². The van der Waals surface area contributed by atoms with Gasteiger partial charge in [-0.05, 0) is 19.4 Å². The predicted molar refractivity (Wildman–Crippen MR) is 79.1 cm³/mol. The van der Waals surface area contributed by atoms with Gasteiger partial charge in [0.1, 0.15) is 0 Å². The summed E-state index contributed by atoms with van der Waals surface area (Å²) in [5.74, 6) is 6.21. The van der Waals surface area contributed by atoms with Gasteiger partial charge < -0.3 is 4.74 Å². The lowest BCUT2D eigenvalue weighted by atomic mass is 9.93. The van der Waals surface area contributed by atoms with E-state index in [1.165, 1.54) is 5.39 Å². The number of nitrogens with one attached hydrogen (secondary N) is 1. The number of hydrogen-bond donors (Lipinski definition) is 2. The quantitative estimate of drug-likeness (QED) is 0.653. The van der Waals surface area contributed by atoms with Crippen molar-refractivity contribution < 1.29 is 4.74 Å². The third-order valence-corrected chi connectivity index (χ3v) is 4.26. The molecule has 3 N–H and O–H groups in total. The molecule has 0 bridgehead atoms. The molecule has 3 rings (SSSR count). The maximum atomic E-state index is 5.76. The highest BCUT2D eigenvalue weighted by molar-refractivity contribution is 5.81. The highest BCUT2D eigenvalue weighted by atomic mass is 16.5. The molecule has 1 aliphatic rings. The predicted octanol–water partition coefficient (Wildman–Crippen LogP) is 1.37. The van der Waals surface area contributed by atoms with Crippen molar-refractivity contribution in [2.45, 2.75) is 31.9 Å². The summed E-state index contributed by atoms with van der Waals surface area (Å²) in [5, 5.41) is 5.86. The Bertz CT molecular complexity index is 595. The monoisotopic (exact) mass is 274 g/mol. The second-order valence-corrected chi connectivity index (χ2v) is 5.70. The standard InChI is InChI=1S/C15H22N4O/c1-10-7-11(9-20-10)13(17-16)8-14-12-5-3-4-6-15(12)19(2)18-14/h3-6,10-11,13,17H,7-9,16H2,1-2H3. The van der Waals surface area contributed by atoms with Gasteiger partial charge in [0.15, 0.2) is 0 Å². The van der Waals surface area contributed by atoms with E-state index in [0.29, 0.717) is 12.0 Å². The normalized spacial score (nSPS) is 24.4. The van der Waals surface area contributed by atoms with Gasteiger partial charge >= 0.3 is 0 Å². The van der Waals surface area contributed by atoms with Crippen molar-refractivity contribution in [1.82, 2.24) is 15.2 Å². The topological polar surface area (TPSA) is 65.1 Å². The van der Waals surface area contributed by atoms with Crippen LogP contribution in [0.4, 0.5) is 0 Å². The highest BCUT2D eigenvalue weighted by Crippen LogP contribution is 2.26. The molecule has 3 atom stereocenters. The van der Waals surface area contributed by atoms with Gasteiger partial charge in [-0.25, -0.2) is 0 Å². The number of fused-ring (bicyclic) bond motifs is 1. The number of benzene rings is 1. The Balaban J connectivity index is 1.84. The van der Waals surface area contributed by atoms with Gasteiger partial charge in [-0.1, -0.05) is 18.2 Å². The lowest BCUT2D eigenvalue weighted by Crippen LogP contribution is -2.43. The minimum Gasteiger partial charge on any atom is -0.378 e. The van der Waals surface area contributed by atoms with Crippen LogP contribution < -0.4 is 11.3 Å². The Kier molecular flexibility index (Phi) is 3.74. The van der Waals surface area contributed by atoms with Crippen molar-refractivity contribution in [3.63, 3.8) is 0 Å². The van der Waals surface area contributed by atoms with E-state index in [0.717, 1.165) is 30.7 Å². The van der Waals surface area contributed by atoms with Crippen molar-refractivity contribution in [2.75, 3.05) is 6.61 Å². The number of nitrogens with two attached hydrogens (primary N) is 1. The third-order valence-electron chi connectivity index (χ3n) is 4.26. The Morgan fingerprint density at radius 2 is 2.30 bits per heavy atom. The lowest BCUT2D eigenvalue weighted by Gasteiger charge is -2.20. The van der Waals surface area contributed by atoms with Crippen LogP contribution in [0.25, 0.3) is 10.9 Å². The van der Waals surface area contributed by atoms with Crippen molar-refractivity contribution in [1.29, 1.82) is 0 Å². The summed E-state index contributed by atoms with van der Waals surface area (Å²) in [5.41, 5.74) is 5.22. The van der Waals surface area contributed by atoms with Crippen molar-refractivity contribution in [2.24, 2.45) is 18.8 Å². The van der Waals surface area contributed by atoms with E-state index >= 15 is 0 Å². The van der Waals surface area contributed by atoms with Crippen LogP contribution in [0.15, 0.2) is 24.3 Å². The zero-order chi connectivity index (χ0) is 14.1. The van der Waals surface area contributed by atoms with Crippen molar-refractivity contribution in [3.05, 3.63) is 30.0 Å². The van der Waals surface area contributed by atoms with E-state index in [9.17, 15) is 0 Å². The Morgan fingerprint density at radius 1 is 1.50 bits per heavy atom. The second kappa shape index (κ2) is 5.52. The number of para-hydroxylation sites is 1. The minimum absolute atomic E-state index is 0.207. The van der Waals surface area contributed by atoms with Crippen LogP contribution in [-0.2, 0) is 18.2 Å². The summed E-state index contributed by atoms with van der Waals surface area (Å²) < 4.78 is 7.59. The molecular weight excluding hydrogens is 252 g/mol. The average molecular weight is 274 g/mol. The van der Waals surface area contributed by atoms with Crippen LogP contribution in [-0.4, -0.2) is 28.5 Å². The molecule has 2 aromatic rings. The number of hydrogen-bond acceptors (Lipinski definition) is 4. The summed E-state index contributed by atoms with van der Waals surface area (Å²) in [6.45, 7) is 2.89. The molecule has 20 heavy (non-hydrogen) atoms. The van der Waals surface area contributed by atoms with Crippen LogP contribution in [0.3, 0.4) is 0 Å². The molecular formula is C15H22N4O. The molecule has 0 radical (unpaired) electrons. The van der Waals surface area contributed by atoms with Gasteiger partial charge in [0.2, 0.25) is 0 Å². The third kappa shape index (κ3) is 2.44. The van der Waals surface area contributed by atoms with E-state index in [1.807, 2.05) is 17.8 Å². The lowest BCUT2D eigenvalue weighted by molar-refractivity contribution is 0.117. The number of ether oxygens (including phenoxy) is 1. The van der Waals surface area contributed by atoms with E-state index < -0.39 is 0 Å². The number of aromatic nitrogens is 2. The van der Waals surface area contributed by atoms with Gasteiger partial charge in [-0.3, -0.25) is 16.0 Å². The zero-order valence-corrected chi connectivity index (χ0v) is 12.0. The molecule has 0 aliphatic carbocycles. The molecule has 5 heteroatoms. The number of rotatable bonds is 4. The van der Waals surface area contributed by atoms with E-state index in [2.05, 4.69) is 35.6 Å². The molecule has 0 spiro atoms. The van der Waals surface area contributed by atoms with Crippen LogP contribution in [0.1, 0.15) is 19.0 Å². The first-order valence-corrected chi connectivity index (χ1v) is 7.17. The summed E-state index contributed by atoms with van der Waals surface area (Å²) in [7, 11) is 1.98. The Hall–Kier alpha value is -1.43. The molecule has 0 saturated carbocycles. The molecule has 0 amide bonds. The van der Waals surface area contributed by atoms with Crippen molar-refractivity contribution in [3.8, 4) is 0 Å². The first-order chi connectivity index (χ1) is 9.69.